The minimum absolute atomic E-state index is 0.0491. The molecular weight excluding hydrogens is 233 g/mol. The number of nitrogens with two attached hydrogens (primary N) is 1. The van der Waals surface area contributed by atoms with Gasteiger partial charge in [0.2, 0.25) is 5.88 Å². The summed E-state index contributed by atoms with van der Waals surface area (Å²) in [5.41, 5.74) is 6.53. The van der Waals surface area contributed by atoms with Gasteiger partial charge in [0.25, 0.3) is 0 Å². The molecule has 5 heteroatoms. The molecular formula is C13H12FN3O. The second-order valence-electron chi connectivity index (χ2n) is 3.81. The standard InChI is InChI=1S/C13H12FN3O/c1-8-6-10(14)3-4-11(8)18-12-5-2-9(7-17-12)13(15)16/h2-7H,1H3,(H3,15,16). The number of aromatic nitrogens is 1. The van der Waals surface area contributed by atoms with Crippen molar-refractivity contribution in [2.75, 3.05) is 0 Å². The van der Waals surface area contributed by atoms with Gasteiger partial charge in [-0.15, -0.1) is 0 Å². The summed E-state index contributed by atoms with van der Waals surface area (Å²) < 4.78 is 18.4. The number of hydrogen-bond donors (Lipinski definition) is 2. The van der Waals surface area contributed by atoms with Crippen molar-refractivity contribution < 1.29 is 9.13 Å². The van der Waals surface area contributed by atoms with E-state index in [1.54, 1.807) is 25.1 Å². The van der Waals surface area contributed by atoms with Crippen LogP contribution in [0.2, 0.25) is 0 Å². The number of rotatable bonds is 3. The highest BCUT2D eigenvalue weighted by Gasteiger charge is 2.04. The van der Waals surface area contributed by atoms with Crippen molar-refractivity contribution in [3.63, 3.8) is 0 Å². The largest absolute Gasteiger partial charge is 0.439 e. The van der Waals surface area contributed by atoms with E-state index in [0.29, 0.717) is 22.8 Å². The maximum Gasteiger partial charge on any atom is 0.219 e. The van der Waals surface area contributed by atoms with E-state index in [1.165, 1.54) is 18.3 Å². The van der Waals surface area contributed by atoms with Crippen LogP contribution in [0, 0.1) is 18.2 Å². The van der Waals surface area contributed by atoms with Crippen LogP contribution in [0.25, 0.3) is 0 Å². The van der Waals surface area contributed by atoms with Gasteiger partial charge in [0.1, 0.15) is 17.4 Å². The molecule has 1 aromatic heterocycles. The number of nitrogens with one attached hydrogen (secondary N) is 1. The second kappa shape index (κ2) is 4.83. The number of aryl methyl sites for hydroxylation is 1. The van der Waals surface area contributed by atoms with Crippen molar-refractivity contribution in [2.24, 2.45) is 5.73 Å². The van der Waals surface area contributed by atoms with Crippen LogP contribution in [0.3, 0.4) is 0 Å². The van der Waals surface area contributed by atoms with Crippen LogP contribution in [0.5, 0.6) is 11.6 Å². The Hall–Kier alpha value is -2.43. The summed E-state index contributed by atoms with van der Waals surface area (Å²) in [5.74, 6) is 0.556. The maximum atomic E-state index is 12.9. The van der Waals surface area contributed by atoms with Gasteiger partial charge in [0, 0.05) is 17.8 Å². The van der Waals surface area contributed by atoms with Gasteiger partial charge >= 0.3 is 0 Å². The number of hydrogen-bond acceptors (Lipinski definition) is 3. The van der Waals surface area contributed by atoms with Gasteiger partial charge in [0.15, 0.2) is 0 Å². The fourth-order valence-electron chi connectivity index (χ4n) is 1.44. The van der Waals surface area contributed by atoms with Crippen LogP contribution >= 0.6 is 0 Å². The average molecular weight is 245 g/mol. The lowest BCUT2D eigenvalue weighted by atomic mass is 10.2. The van der Waals surface area contributed by atoms with Crippen molar-refractivity contribution in [2.45, 2.75) is 6.92 Å². The second-order valence-corrected chi connectivity index (χ2v) is 3.81. The van der Waals surface area contributed by atoms with Crippen LogP contribution in [0.1, 0.15) is 11.1 Å². The van der Waals surface area contributed by atoms with E-state index >= 15 is 0 Å². The van der Waals surface area contributed by atoms with E-state index in [0.717, 1.165) is 0 Å². The summed E-state index contributed by atoms with van der Waals surface area (Å²) in [4.78, 5) is 4.02. The zero-order chi connectivity index (χ0) is 13.1. The van der Waals surface area contributed by atoms with Crippen molar-refractivity contribution in [1.29, 1.82) is 5.41 Å². The predicted molar refractivity (Wildman–Crippen MR) is 66.5 cm³/mol. The fourth-order valence-corrected chi connectivity index (χ4v) is 1.44. The highest BCUT2D eigenvalue weighted by molar-refractivity contribution is 5.94. The van der Waals surface area contributed by atoms with Gasteiger partial charge in [-0.05, 0) is 36.8 Å². The summed E-state index contributed by atoms with van der Waals surface area (Å²) in [6.45, 7) is 1.75. The molecule has 0 unspecified atom stereocenters. The topological polar surface area (TPSA) is 72.0 Å². The molecule has 2 aromatic rings. The third-order valence-electron chi connectivity index (χ3n) is 2.40. The monoisotopic (exact) mass is 245 g/mol. The van der Waals surface area contributed by atoms with Crippen molar-refractivity contribution in [3.05, 3.63) is 53.5 Å². The highest BCUT2D eigenvalue weighted by atomic mass is 19.1. The molecule has 1 heterocycles. The van der Waals surface area contributed by atoms with Crippen LogP contribution in [-0.2, 0) is 0 Å². The third kappa shape index (κ3) is 2.63. The van der Waals surface area contributed by atoms with Crippen LogP contribution < -0.4 is 10.5 Å². The first-order valence-electron chi connectivity index (χ1n) is 5.31. The van der Waals surface area contributed by atoms with E-state index in [1.807, 2.05) is 0 Å². The first-order valence-corrected chi connectivity index (χ1v) is 5.31. The van der Waals surface area contributed by atoms with E-state index in [4.69, 9.17) is 15.9 Å². The van der Waals surface area contributed by atoms with Gasteiger partial charge in [-0.25, -0.2) is 9.37 Å². The minimum atomic E-state index is -0.306. The molecule has 18 heavy (non-hydrogen) atoms. The van der Waals surface area contributed by atoms with Gasteiger partial charge in [0.05, 0.1) is 0 Å². The van der Waals surface area contributed by atoms with Crippen molar-refractivity contribution >= 4 is 5.84 Å². The van der Waals surface area contributed by atoms with E-state index < -0.39 is 0 Å². The Balaban J connectivity index is 2.21. The normalized spacial score (nSPS) is 10.1. The number of nitrogen functional groups attached to an aromatic ring is 1. The number of benzene rings is 1. The molecule has 0 saturated carbocycles. The van der Waals surface area contributed by atoms with Gasteiger partial charge in [-0.1, -0.05) is 0 Å². The van der Waals surface area contributed by atoms with Crippen molar-refractivity contribution in [1.82, 2.24) is 4.98 Å². The van der Waals surface area contributed by atoms with Gasteiger partial charge < -0.3 is 10.5 Å². The fraction of sp³-hybridized carbons (Fsp3) is 0.0769. The zero-order valence-corrected chi connectivity index (χ0v) is 9.77. The molecule has 1 aromatic carbocycles. The van der Waals surface area contributed by atoms with Crippen LogP contribution in [0.4, 0.5) is 4.39 Å². The Morgan fingerprint density at radius 2 is 2.11 bits per heavy atom. The molecule has 92 valence electrons. The molecule has 0 aliphatic heterocycles. The molecule has 0 amide bonds. The molecule has 0 atom stereocenters. The lowest BCUT2D eigenvalue weighted by Gasteiger charge is -2.08. The number of ether oxygens (including phenoxy) is 1. The first-order chi connectivity index (χ1) is 8.56. The van der Waals surface area contributed by atoms with Gasteiger partial charge in [-0.2, -0.15) is 0 Å². The highest BCUT2D eigenvalue weighted by Crippen LogP contribution is 2.23. The summed E-state index contributed by atoms with van der Waals surface area (Å²) in [5, 5.41) is 7.24. The lowest BCUT2D eigenvalue weighted by molar-refractivity contribution is 0.457. The SMILES string of the molecule is Cc1cc(F)ccc1Oc1ccc(C(=N)N)cn1. The van der Waals surface area contributed by atoms with Crippen LogP contribution in [-0.4, -0.2) is 10.8 Å². The van der Waals surface area contributed by atoms with E-state index in [9.17, 15) is 4.39 Å². The van der Waals surface area contributed by atoms with E-state index in [-0.39, 0.29) is 11.7 Å². The van der Waals surface area contributed by atoms with E-state index in [2.05, 4.69) is 4.98 Å². The molecule has 4 nitrogen and oxygen atoms in total. The third-order valence-corrected chi connectivity index (χ3v) is 2.40. The zero-order valence-electron chi connectivity index (χ0n) is 9.77. The lowest BCUT2D eigenvalue weighted by Crippen LogP contribution is -2.11. The quantitative estimate of drug-likeness (QED) is 0.645. The first kappa shape index (κ1) is 12.0. The number of nitrogens with zero attached hydrogens (tertiary/aromatic N) is 1. The number of halogens is 1. The molecule has 0 aliphatic carbocycles. The molecule has 0 radical (unpaired) electrons. The molecule has 0 aliphatic rings. The Labute approximate surface area is 104 Å². The summed E-state index contributed by atoms with van der Waals surface area (Å²) in [7, 11) is 0. The summed E-state index contributed by atoms with van der Waals surface area (Å²) >= 11 is 0. The molecule has 0 spiro atoms. The average Bonchev–Trinajstić information content (AvgIpc) is 2.33. The number of pyridine rings is 1. The Kier molecular flexibility index (Phi) is 3.23. The van der Waals surface area contributed by atoms with Crippen molar-refractivity contribution in [3.8, 4) is 11.6 Å². The molecule has 3 N–H and O–H groups in total. The summed E-state index contributed by atoms with van der Waals surface area (Å²) in [6.07, 6.45) is 1.45. The minimum Gasteiger partial charge on any atom is -0.439 e. The van der Waals surface area contributed by atoms with Gasteiger partial charge in [-0.3, -0.25) is 5.41 Å². The maximum absolute atomic E-state index is 12.9. The molecule has 0 fully saturated rings. The smallest absolute Gasteiger partial charge is 0.219 e. The number of amidine groups is 1. The Morgan fingerprint density at radius 1 is 1.33 bits per heavy atom. The molecule has 2 rings (SSSR count). The Bertz CT molecular complexity index is 581. The predicted octanol–water partition coefficient (Wildman–Crippen LogP) is 2.61. The summed E-state index contributed by atoms with van der Waals surface area (Å²) in [6, 6.07) is 7.51. The molecule has 0 bridgehead atoms. The molecule has 0 saturated heterocycles. The Morgan fingerprint density at radius 3 is 2.67 bits per heavy atom. The van der Waals surface area contributed by atoms with Crippen LogP contribution in [0.15, 0.2) is 36.5 Å².